The second-order valence-electron chi connectivity index (χ2n) is 17.9. The zero-order valence-corrected chi connectivity index (χ0v) is 40.2. The molecular formula is C56H103NO3. The molecule has 0 aliphatic rings. The molecule has 0 aliphatic carbocycles. The first-order valence-corrected chi connectivity index (χ1v) is 26.5. The maximum Gasteiger partial charge on any atom is 0.220 e. The second kappa shape index (κ2) is 51.4. The Morgan fingerprint density at radius 2 is 0.700 bits per heavy atom. The molecule has 0 radical (unpaired) electrons. The zero-order chi connectivity index (χ0) is 43.5. The SMILES string of the molecule is CCCCCCC/C=C\C/C=C\CCCCCCCCCCCCCCCCCC(=O)NC(CO)C(O)/C=C/CC/C=C/CC/C=C/CCCCCCCCCCCCC. The summed E-state index contributed by atoms with van der Waals surface area (Å²) in [5.74, 6) is -0.0770. The van der Waals surface area contributed by atoms with E-state index in [2.05, 4.69) is 67.8 Å². The third-order valence-corrected chi connectivity index (χ3v) is 12.0. The third-order valence-electron chi connectivity index (χ3n) is 12.0. The summed E-state index contributed by atoms with van der Waals surface area (Å²) in [7, 11) is 0. The van der Waals surface area contributed by atoms with Gasteiger partial charge in [-0.05, 0) is 77.0 Å². The highest BCUT2D eigenvalue weighted by molar-refractivity contribution is 5.76. The molecule has 2 unspecified atom stereocenters. The van der Waals surface area contributed by atoms with Crippen LogP contribution in [-0.2, 0) is 4.79 Å². The summed E-state index contributed by atoms with van der Waals surface area (Å²) < 4.78 is 0. The summed E-state index contributed by atoms with van der Waals surface area (Å²) in [6, 6.07) is -0.647. The zero-order valence-electron chi connectivity index (χ0n) is 40.2. The first kappa shape index (κ1) is 58.1. The molecule has 0 aromatic heterocycles. The van der Waals surface area contributed by atoms with Crippen molar-refractivity contribution in [3.8, 4) is 0 Å². The molecule has 0 heterocycles. The van der Waals surface area contributed by atoms with Gasteiger partial charge in [0.1, 0.15) is 0 Å². The van der Waals surface area contributed by atoms with E-state index < -0.39 is 12.1 Å². The Balaban J connectivity index is 3.57. The normalized spacial score (nSPS) is 13.3. The Kier molecular flexibility index (Phi) is 49.8. The van der Waals surface area contributed by atoms with Crippen LogP contribution in [0.1, 0.15) is 271 Å². The summed E-state index contributed by atoms with van der Waals surface area (Å²) in [6.45, 7) is 4.30. The fraction of sp³-hybridized carbons (Fsp3) is 0.804. The number of nitrogens with one attached hydrogen (secondary N) is 1. The number of amides is 1. The van der Waals surface area contributed by atoms with E-state index in [-0.39, 0.29) is 12.5 Å². The summed E-state index contributed by atoms with van der Waals surface area (Å²) in [6.07, 6.45) is 72.2. The van der Waals surface area contributed by atoms with Gasteiger partial charge in [0.25, 0.3) is 0 Å². The van der Waals surface area contributed by atoms with Crippen LogP contribution in [-0.4, -0.2) is 34.9 Å². The van der Waals surface area contributed by atoms with Crippen molar-refractivity contribution in [3.05, 3.63) is 60.8 Å². The molecule has 0 fully saturated rings. The van der Waals surface area contributed by atoms with Gasteiger partial charge in [-0.15, -0.1) is 0 Å². The average molecular weight is 838 g/mol. The van der Waals surface area contributed by atoms with Crippen LogP contribution in [0.15, 0.2) is 60.8 Å². The molecule has 4 heteroatoms. The van der Waals surface area contributed by atoms with Crippen LogP contribution < -0.4 is 5.32 Å². The Labute approximate surface area is 375 Å². The Hall–Kier alpha value is -1.91. The Morgan fingerprint density at radius 1 is 0.400 bits per heavy atom. The highest BCUT2D eigenvalue weighted by atomic mass is 16.3. The number of allylic oxidation sites excluding steroid dienone is 9. The average Bonchev–Trinajstić information content (AvgIpc) is 3.25. The molecule has 4 nitrogen and oxygen atoms in total. The third kappa shape index (κ3) is 47.1. The minimum atomic E-state index is -0.872. The van der Waals surface area contributed by atoms with E-state index in [0.29, 0.717) is 6.42 Å². The van der Waals surface area contributed by atoms with E-state index in [1.807, 2.05) is 6.08 Å². The molecule has 3 N–H and O–H groups in total. The molecule has 1 amide bonds. The maximum atomic E-state index is 12.4. The predicted octanol–water partition coefficient (Wildman–Crippen LogP) is 17.2. The van der Waals surface area contributed by atoms with Gasteiger partial charge >= 0.3 is 0 Å². The van der Waals surface area contributed by atoms with E-state index in [9.17, 15) is 15.0 Å². The Morgan fingerprint density at radius 3 is 1.07 bits per heavy atom. The van der Waals surface area contributed by atoms with Crippen molar-refractivity contribution in [2.45, 2.75) is 283 Å². The highest BCUT2D eigenvalue weighted by Gasteiger charge is 2.17. The van der Waals surface area contributed by atoms with E-state index in [1.54, 1.807) is 6.08 Å². The first-order valence-electron chi connectivity index (χ1n) is 26.5. The van der Waals surface area contributed by atoms with Gasteiger partial charge in [-0.25, -0.2) is 0 Å². The molecule has 0 spiro atoms. The molecule has 0 aromatic rings. The van der Waals surface area contributed by atoms with Crippen molar-refractivity contribution >= 4 is 5.91 Å². The standard InChI is InChI=1S/C56H103NO3/c1-3-5-7-9-11-13-15-17-19-21-23-25-26-27-28-29-30-32-34-36-38-40-42-44-46-48-50-52-56(60)57-54(53-58)55(59)51-49-47-45-43-41-39-37-35-33-31-24-22-20-18-16-14-12-10-8-6-4-2/h15,17,21,23,33,35,41,43,49,51,54-55,58-59H,3-14,16,18-20,22,24-32,34,36-40,42,44-48,50,52-53H2,1-2H3,(H,57,60)/b17-15-,23-21-,35-33+,43-41+,51-49+. The van der Waals surface area contributed by atoms with Crippen LogP contribution in [0.4, 0.5) is 0 Å². The van der Waals surface area contributed by atoms with Gasteiger partial charge < -0.3 is 15.5 Å². The summed E-state index contributed by atoms with van der Waals surface area (Å²) in [5, 5.41) is 23.1. The van der Waals surface area contributed by atoms with Gasteiger partial charge in [0.05, 0.1) is 18.8 Å². The van der Waals surface area contributed by atoms with E-state index >= 15 is 0 Å². The number of aliphatic hydroxyl groups is 2. The van der Waals surface area contributed by atoms with Crippen molar-refractivity contribution in [3.63, 3.8) is 0 Å². The van der Waals surface area contributed by atoms with Crippen LogP contribution in [0.2, 0.25) is 0 Å². The number of rotatable bonds is 48. The fourth-order valence-corrected chi connectivity index (χ4v) is 7.89. The quantitative estimate of drug-likeness (QED) is 0.0422. The van der Waals surface area contributed by atoms with Crippen molar-refractivity contribution in [1.82, 2.24) is 5.32 Å². The lowest BCUT2D eigenvalue weighted by Gasteiger charge is -2.19. The van der Waals surface area contributed by atoms with Crippen molar-refractivity contribution in [2.24, 2.45) is 0 Å². The van der Waals surface area contributed by atoms with Crippen molar-refractivity contribution < 1.29 is 15.0 Å². The number of hydrogen-bond acceptors (Lipinski definition) is 3. The molecule has 0 aliphatic heterocycles. The van der Waals surface area contributed by atoms with Crippen LogP contribution in [0, 0.1) is 0 Å². The van der Waals surface area contributed by atoms with E-state index in [1.165, 1.54) is 205 Å². The van der Waals surface area contributed by atoms with Gasteiger partial charge in [-0.1, -0.05) is 248 Å². The van der Waals surface area contributed by atoms with Gasteiger partial charge in [0.2, 0.25) is 5.91 Å². The maximum absolute atomic E-state index is 12.4. The van der Waals surface area contributed by atoms with Gasteiger partial charge in [0, 0.05) is 6.42 Å². The van der Waals surface area contributed by atoms with Gasteiger partial charge in [-0.2, -0.15) is 0 Å². The van der Waals surface area contributed by atoms with E-state index in [0.717, 1.165) is 44.9 Å². The molecule has 2 atom stereocenters. The molecule has 0 saturated heterocycles. The predicted molar refractivity (Wildman–Crippen MR) is 267 cm³/mol. The van der Waals surface area contributed by atoms with Crippen LogP contribution in [0.3, 0.4) is 0 Å². The lowest BCUT2D eigenvalue weighted by molar-refractivity contribution is -0.123. The van der Waals surface area contributed by atoms with Gasteiger partial charge in [0.15, 0.2) is 0 Å². The fourth-order valence-electron chi connectivity index (χ4n) is 7.89. The molecule has 60 heavy (non-hydrogen) atoms. The second-order valence-corrected chi connectivity index (χ2v) is 17.9. The van der Waals surface area contributed by atoms with Crippen LogP contribution >= 0.6 is 0 Å². The van der Waals surface area contributed by atoms with E-state index in [4.69, 9.17) is 0 Å². The van der Waals surface area contributed by atoms with Crippen molar-refractivity contribution in [2.75, 3.05) is 6.61 Å². The molecule has 0 bridgehead atoms. The lowest BCUT2D eigenvalue weighted by Crippen LogP contribution is -2.45. The molecule has 0 rings (SSSR count). The van der Waals surface area contributed by atoms with Crippen LogP contribution in [0.5, 0.6) is 0 Å². The van der Waals surface area contributed by atoms with Crippen LogP contribution in [0.25, 0.3) is 0 Å². The number of unbranched alkanes of at least 4 members (excludes halogenated alkanes) is 33. The monoisotopic (exact) mass is 838 g/mol. The molecule has 0 aromatic carbocycles. The lowest BCUT2D eigenvalue weighted by atomic mass is 10.0. The molecule has 0 saturated carbocycles. The topological polar surface area (TPSA) is 69.6 Å². The molecular weight excluding hydrogens is 735 g/mol. The largest absolute Gasteiger partial charge is 0.394 e. The summed E-state index contributed by atoms with van der Waals surface area (Å²) in [5.41, 5.74) is 0. The number of carbonyl (C=O) groups is 1. The Bertz CT molecular complexity index is 996. The van der Waals surface area contributed by atoms with Crippen molar-refractivity contribution in [1.29, 1.82) is 0 Å². The smallest absolute Gasteiger partial charge is 0.220 e. The number of aliphatic hydroxyl groups excluding tert-OH is 2. The summed E-state index contributed by atoms with van der Waals surface area (Å²) >= 11 is 0. The van der Waals surface area contributed by atoms with Gasteiger partial charge in [-0.3, -0.25) is 4.79 Å². The number of carbonyl (C=O) groups excluding carboxylic acids is 1. The molecule has 350 valence electrons. The highest BCUT2D eigenvalue weighted by Crippen LogP contribution is 2.16. The number of hydrogen-bond donors (Lipinski definition) is 3. The minimum Gasteiger partial charge on any atom is -0.394 e. The summed E-state index contributed by atoms with van der Waals surface area (Å²) in [4.78, 5) is 12.4. The minimum absolute atomic E-state index is 0.0770. The first-order chi connectivity index (χ1) is 29.7.